The lowest BCUT2D eigenvalue weighted by molar-refractivity contribution is -0.116. The maximum absolute atomic E-state index is 14.0. The van der Waals surface area contributed by atoms with Crippen LogP contribution in [0.1, 0.15) is 12.8 Å². The van der Waals surface area contributed by atoms with Gasteiger partial charge in [0.1, 0.15) is 5.82 Å². The molecule has 3 aromatic rings. The van der Waals surface area contributed by atoms with Crippen molar-refractivity contribution in [3.8, 4) is 0 Å². The van der Waals surface area contributed by atoms with Crippen LogP contribution in [0.2, 0.25) is 0 Å². The number of amides is 1. The third-order valence-electron chi connectivity index (χ3n) is 4.35. The van der Waals surface area contributed by atoms with Crippen molar-refractivity contribution in [3.05, 3.63) is 72.5 Å². The molecule has 0 atom stereocenters. The molecule has 0 spiro atoms. The zero-order valence-electron chi connectivity index (χ0n) is 15.4. The fourth-order valence-corrected chi connectivity index (χ4v) is 4.02. The number of benzene rings is 3. The minimum Gasteiger partial charge on any atom is -0.326 e. The number of nitrogens with zero attached hydrogens (tertiary/aromatic N) is 1. The number of halogens is 1. The van der Waals surface area contributed by atoms with Gasteiger partial charge in [-0.3, -0.25) is 9.10 Å². The van der Waals surface area contributed by atoms with Gasteiger partial charge in [0.15, 0.2) is 0 Å². The van der Waals surface area contributed by atoms with Crippen LogP contribution in [0, 0.1) is 5.82 Å². The molecular formula is C21H21FN2O3S. The second-order valence-electron chi connectivity index (χ2n) is 6.46. The number of anilines is 2. The number of carbonyl (C=O) groups excluding carboxylic acids is 1. The molecule has 5 nitrogen and oxygen atoms in total. The van der Waals surface area contributed by atoms with Crippen LogP contribution in [0.15, 0.2) is 66.7 Å². The number of hydrogen-bond acceptors (Lipinski definition) is 3. The van der Waals surface area contributed by atoms with E-state index in [1.165, 1.54) is 18.2 Å². The third kappa shape index (κ3) is 4.67. The fourth-order valence-electron chi connectivity index (χ4n) is 3.05. The predicted molar refractivity (Wildman–Crippen MR) is 110 cm³/mol. The molecule has 1 N–H and O–H groups in total. The highest BCUT2D eigenvalue weighted by Crippen LogP contribution is 2.24. The molecule has 3 aromatic carbocycles. The molecule has 28 heavy (non-hydrogen) atoms. The zero-order chi connectivity index (χ0) is 20.1. The number of nitrogens with one attached hydrogen (secondary N) is 1. The largest absolute Gasteiger partial charge is 0.326 e. The second kappa shape index (κ2) is 8.39. The van der Waals surface area contributed by atoms with Crippen LogP contribution in [-0.4, -0.2) is 27.1 Å². The van der Waals surface area contributed by atoms with Crippen molar-refractivity contribution in [2.24, 2.45) is 0 Å². The molecule has 0 aromatic heterocycles. The molecule has 0 heterocycles. The van der Waals surface area contributed by atoms with E-state index in [2.05, 4.69) is 5.32 Å². The van der Waals surface area contributed by atoms with E-state index in [0.29, 0.717) is 5.69 Å². The minimum absolute atomic E-state index is 0.0144. The van der Waals surface area contributed by atoms with Crippen LogP contribution in [0.4, 0.5) is 15.8 Å². The van der Waals surface area contributed by atoms with E-state index in [1.807, 2.05) is 42.5 Å². The predicted octanol–water partition coefficient (Wildman–Crippen LogP) is 4.16. The first kappa shape index (κ1) is 19.8. The number of para-hydroxylation sites is 1. The average molecular weight is 400 g/mol. The SMILES string of the molecule is CS(=O)(=O)N(CCCC(=O)Nc1cccc2ccccc12)c1ccccc1F. The maximum atomic E-state index is 14.0. The van der Waals surface area contributed by atoms with E-state index < -0.39 is 15.8 Å². The summed E-state index contributed by atoms with van der Waals surface area (Å²) in [5.74, 6) is -0.841. The highest BCUT2D eigenvalue weighted by Gasteiger charge is 2.20. The van der Waals surface area contributed by atoms with E-state index in [0.717, 1.165) is 21.3 Å². The standard InChI is InChI=1S/C21H21FN2O3S/c1-28(26,27)24(20-13-5-4-11-18(20)22)15-7-14-21(25)23-19-12-6-9-16-8-2-3-10-17(16)19/h2-6,8-13H,7,14-15H2,1H3,(H,23,25). The molecule has 0 unspecified atom stereocenters. The van der Waals surface area contributed by atoms with Crippen LogP contribution in [0.25, 0.3) is 10.8 Å². The van der Waals surface area contributed by atoms with Crippen molar-refractivity contribution in [1.29, 1.82) is 0 Å². The summed E-state index contributed by atoms with van der Waals surface area (Å²) in [5, 5.41) is 4.82. The van der Waals surface area contributed by atoms with Gasteiger partial charge in [0.05, 0.1) is 11.9 Å². The van der Waals surface area contributed by atoms with Gasteiger partial charge in [0, 0.05) is 24.0 Å². The smallest absolute Gasteiger partial charge is 0.232 e. The Hall–Kier alpha value is -2.93. The van der Waals surface area contributed by atoms with Gasteiger partial charge in [0.25, 0.3) is 0 Å². The van der Waals surface area contributed by atoms with E-state index >= 15 is 0 Å². The summed E-state index contributed by atoms with van der Waals surface area (Å²) in [6.07, 6.45) is 1.40. The number of rotatable bonds is 7. The van der Waals surface area contributed by atoms with Crippen LogP contribution in [-0.2, 0) is 14.8 Å². The zero-order valence-corrected chi connectivity index (χ0v) is 16.2. The normalized spacial score (nSPS) is 11.4. The van der Waals surface area contributed by atoms with Crippen LogP contribution < -0.4 is 9.62 Å². The number of sulfonamides is 1. The molecule has 0 fully saturated rings. The van der Waals surface area contributed by atoms with Crippen molar-refractivity contribution in [2.45, 2.75) is 12.8 Å². The van der Waals surface area contributed by atoms with Crippen LogP contribution in [0.3, 0.4) is 0 Å². The van der Waals surface area contributed by atoms with Gasteiger partial charge in [-0.05, 0) is 30.0 Å². The Morgan fingerprint density at radius 3 is 2.43 bits per heavy atom. The van der Waals surface area contributed by atoms with E-state index in [4.69, 9.17) is 0 Å². The van der Waals surface area contributed by atoms with Gasteiger partial charge in [-0.25, -0.2) is 12.8 Å². The first-order valence-electron chi connectivity index (χ1n) is 8.86. The molecule has 3 rings (SSSR count). The highest BCUT2D eigenvalue weighted by atomic mass is 32.2. The molecule has 0 saturated carbocycles. The summed E-state index contributed by atoms with van der Waals surface area (Å²) in [6, 6.07) is 19.0. The van der Waals surface area contributed by atoms with Gasteiger partial charge in [-0.15, -0.1) is 0 Å². The average Bonchev–Trinajstić information content (AvgIpc) is 2.65. The summed E-state index contributed by atoms with van der Waals surface area (Å²) >= 11 is 0. The molecule has 0 aliphatic rings. The monoisotopic (exact) mass is 400 g/mol. The van der Waals surface area contributed by atoms with E-state index in [-0.39, 0.29) is 31.0 Å². The lowest BCUT2D eigenvalue weighted by Gasteiger charge is -2.22. The quantitative estimate of drug-likeness (QED) is 0.647. The van der Waals surface area contributed by atoms with E-state index in [9.17, 15) is 17.6 Å². The Morgan fingerprint density at radius 2 is 1.68 bits per heavy atom. The Balaban J connectivity index is 1.66. The summed E-state index contributed by atoms with van der Waals surface area (Å²) in [4.78, 5) is 12.3. The summed E-state index contributed by atoms with van der Waals surface area (Å²) in [6.45, 7) is 0.0166. The van der Waals surface area contributed by atoms with Gasteiger partial charge in [0.2, 0.25) is 15.9 Å². The summed E-state index contributed by atoms with van der Waals surface area (Å²) < 4.78 is 39.1. The fraction of sp³-hybridized carbons (Fsp3) is 0.190. The van der Waals surface area contributed by atoms with Crippen molar-refractivity contribution in [3.63, 3.8) is 0 Å². The Kier molecular flexibility index (Phi) is 5.94. The van der Waals surface area contributed by atoms with Crippen molar-refractivity contribution in [2.75, 3.05) is 22.4 Å². The van der Waals surface area contributed by atoms with Gasteiger partial charge < -0.3 is 5.32 Å². The van der Waals surface area contributed by atoms with Crippen molar-refractivity contribution >= 4 is 38.1 Å². The Labute approximate surface area is 163 Å². The third-order valence-corrected chi connectivity index (χ3v) is 5.53. The molecule has 0 bridgehead atoms. The first-order chi connectivity index (χ1) is 13.4. The van der Waals surface area contributed by atoms with Crippen LogP contribution in [0.5, 0.6) is 0 Å². The number of carbonyl (C=O) groups is 1. The second-order valence-corrected chi connectivity index (χ2v) is 8.37. The lowest BCUT2D eigenvalue weighted by atomic mass is 10.1. The molecule has 0 aliphatic heterocycles. The highest BCUT2D eigenvalue weighted by molar-refractivity contribution is 7.92. The van der Waals surface area contributed by atoms with Crippen molar-refractivity contribution < 1.29 is 17.6 Å². The van der Waals surface area contributed by atoms with Crippen LogP contribution >= 0.6 is 0 Å². The molecular weight excluding hydrogens is 379 g/mol. The molecule has 1 amide bonds. The first-order valence-corrected chi connectivity index (χ1v) is 10.7. The Bertz CT molecular complexity index is 1090. The molecule has 7 heteroatoms. The number of hydrogen-bond donors (Lipinski definition) is 1. The topological polar surface area (TPSA) is 66.5 Å². The molecule has 0 saturated heterocycles. The maximum Gasteiger partial charge on any atom is 0.232 e. The Morgan fingerprint density at radius 1 is 1.00 bits per heavy atom. The van der Waals surface area contributed by atoms with E-state index in [1.54, 1.807) is 6.07 Å². The number of fused-ring (bicyclic) bond motifs is 1. The van der Waals surface area contributed by atoms with Crippen molar-refractivity contribution in [1.82, 2.24) is 0 Å². The van der Waals surface area contributed by atoms with Gasteiger partial charge >= 0.3 is 0 Å². The summed E-state index contributed by atoms with van der Waals surface area (Å²) in [7, 11) is -3.66. The summed E-state index contributed by atoms with van der Waals surface area (Å²) in [5.41, 5.74) is 0.691. The lowest BCUT2D eigenvalue weighted by Crippen LogP contribution is -2.32. The van der Waals surface area contributed by atoms with Gasteiger partial charge in [-0.1, -0.05) is 48.5 Å². The molecule has 0 radical (unpaired) electrons. The molecule has 0 aliphatic carbocycles. The van der Waals surface area contributed by atoms with Gasteiger partial charge in [-0.2, -0.15) is 0 Å². The minimum atomic E-state index is -3.66. The molecule has 146 valence electrons.